The van der Waals surface area contributed by atoms with Gasteiger partial charge in [0.2, 0.25) is 5.91 Å². The zero-order valence-corrected chi connectivity index (χ0v) is 14.9. The summed E-state index contributed by atoms with van der Waals surface area (Å²) in [5.41, 5.74) is 0.872. The Labute approximate surface area is 149 Å². The lowest BCUT2D eigenvalue weighted by molar-refractivity contribution is -0.117. The van der Waals surface area contributed by atoms with E-state index < -0.39 is 5.97 Å². The molecule has 2 heterocycles. The summed E-state index contributed by atoms with van der Waals surface area (Å²) >= 11 is 1.24. The van der Waals surface area contributed by atoms with Gasteiger partial charge in [0.25, 0.3) is 0 Å². The molecule has 132 valence electrons. The van der Waals surface area contributed by atoms with Crippen LogP contribution in [-0.2, 0) is 9.53 Å². The quantitative estimate of drug-likeness (QED) is 0.726. The van der Waals surface area contributed by atoms with Crippen LogP contribution in [0.5, 0.6) is 0 Å². The highest BCUT2D eigenvalue weighted by Gasteiger charge is 2.24. The van der Waals surface area contributed by atoms with E-state index in [0.717, 1.165) is 0 Å². The first-order valence-electron chi connectivity index (χ1n) is 7.74. The average molecular weight is 361 g/mol. The largest absolute Gasteiger partial charge is 0.464 e. The van der Waals surface area contributed by atoms with Gasteiger partial charge in [-0.1, -0.05) is 0 Å². The van der Waals surface area contributed by atoms with Crippen LogP contribution in [0, 0.1) is 11.3 Å². The monoisotopic (exact) mass is 361 g/mol. The molecule has 8 heteroatoms. The van der Waals surface area contributed by atoms with Crippen molar-refractivity contribution in [3.05, 3.63) is 29.3 Å². The Balaban J connectivity index is 2.19. The number of nitriles is 1. The predicted octanol–water partition coefficient (Wildman–Crippen LogP) is 2.97. The summed E-state index contributed by atoms with van der Waals surface area (Å²) in [4.78, 5) is 26.3. The van der Waals surface area contributed by atoms with Crippen molar-refractivity contribution in [2.75, 3.05) is 32.1 Å². The maximum Gasteiger partial charge on any atom is 0.341 e. The van der Waals surface area contributed by atoms with Crippen LogP contribution in [0.2, 0.25) is 0 Å². The van der Waals surface area contributed by atoms with E-state index in [1.54, 1.807) is 36.4 Å². The summed E-state index contributed by atoms with van der Waals surface area (Å²) in [6, 6.07) is 5.50. The number of esters is 1. The summed E-state index contributed by atoms with van der Waals surface area (Å²) in [7, 11) is 1.76. The summed E-state index contributed by atoms with van der Waals surface area (Å²) in [6.07, 6.45) is 1.86. The standard InChI is InChI=1S/C17H19N3O4S/c1-3-23-17(22)15-12(13-6-4-9-24-13)11-25-16(15)19-14(21)10-20(2)8-5-7-18/h4,6,9,11H,3,5,8,10H2,1-2H3,(H,19,21). The smallest absolute Gasteiger partial charge is 0.341 e. The fourth-order valence-corrected chi connectivity index (χ4v) is 3.15. The van der Waals surface area contributed by atoms with Gasteiger partial charge in [-0.2, -0.15) is 5.26 Å². The highest BCUT2D eigenvalue weighted by molar-refractivity contribution is 7.15. The van der Waals surface area contributed by atoms with Crippen LogP contribution in [0.25, 0.3) is 11.3 Å². The summed E-state index contributed by atoms with van der Waals surface area (Å²) in [5.74, 6) is -0.243. The zero-order valence-electron chi connectivity index (χ0n) is 14.1. The number of nitrogens with zero attached hydrogens (tertiary/aromatic N) is 2. The Hall–Kier alpha value is -2.63. The fraction of sp³-hybridized carbons (Fsp3) is 0.353. The van der Waals surface area contributed by atoms with Crippen molar-refractivity contribution < 1.29 is 18.7 Å². The second kappa shape index (κ2) is 9.01. The van der Waals surface area contributed by atoms with Crippen molar-refractivity contribution in [3.8, 4) is 17.4 Å². The Morgan fingerprint density at radius 2 is 2.28 bits per heavy atom. The number of rotatable bonds is 8. The van der Waals surface area contributed by atoms with Crippen LogP contribution >= 0.6 is 11.3 Å². The van der Waals surface area contributed by atoms with Crippen LogP contribution in [0.1, 0.15) is 23.7 Å². The molecule has 1 N–H and O–H groups in total. The predicted molar refractivity (Wildman–Crippen MR) is 94.3 cm³/mol. The average Bonchev–Trinajstić information content (AvgIpc) is 3.22. The van der Waals surface area contributed by atoms with Crippen molar-refractivity contribution in [2.45, 2.75) is 13.3 Å². The zero-order chi connectivity index (χ0) is 18.2. The molecule has 0 bridgehead atoms. The number of thiophene rings is 1. The molecule has 0 aliphatic carbocycles. The summed E-state index contributed by atoms with van der Waals surface area (Å²) in [5, 5.41) is 13.5. The van der Waals surface area contributed by atoms with E-state index in [1.807, 2.05) is 6.07 Å². The van der Waals surface area contributed by atoms with Crippen LogP contribution < -0.4 is 5.32 Å². The molecule has 0 aliphatic rings. The van der Waals surface area contributed by atoms with Gasteiger partial charge in [0.15, 0.2) is 0 Å². The van der Waals surface area contributed by atoms with E-state index in [2.05, 4.69) is 5.32 Å². The van der Waals surface area contributed by atoms with Gasteiger partial charge < -0.3 is 14.5 Å². The van der Waals surface area contributed by atoms with Gasteiger partial charge in [-0.3, -0.25) is 9.69 Å². The number of anilines is 1. The van der Waals surface area contributed by atoms with Gasteiger partial charge in [0.1, 0.15) is 16.3 Å². The van der Waals surface area contributed by atoms with Crippen LogP contribution in [-0.4, -0.2) is 43.5 Å². The number of amides is 1. The molecule has 0 saturated heterocycles. The second-order valence-electron chi connectivity index (χ2n) is 5.25. The van der Waals surface area contributed by atoms with Crippen molar-refractivity contribution in [2.24, 2.45) is 0 Å². The molecular formula is C17H19N3O4S. The second-order valence-corrected chi connectivity index (χ2v) is 6.12. The highest BCUT2D eigenvalue weighted by atomic mass is 32.1. The van der Waals surface area contributed by atoms with Gasteiger partial charge in [-0.25, -0.2) is 4.79 Å². The number of nitrogens with one attached hydrogen (secondary N) is 1. The van der Waals surface area contributed by atoms with Crippen molar-refractivity contribution in [3.63, 3.8) is 0 Å². The molecule has 25 heavy (non-hydrogen) atoms. The van der Waals surface area contributed by atoms with E-state index in [-0.39, 0.29) is 24.6 Å². The molecule has 0 saturated carbocycles. The fourth-order valence-electron chi connectivity index (χ4n) is 2.20. The lowest BCUT2D eigenvalue weighted by Crippen LogP contribution is -2.31. The van der Waals surface area contributed by atoms with Crippen molar-refractivity contribution in [1.82, 2.24) is 4.90 Å². The van der Waals surface area contributed by atoms with Crippen LogP contribution in [0.15, 0.2) is 28.2 Å². The molecule has 0 atom stereocenters. The number of likely N-dealkylation sites (N-methyl/N-ethyl adjacent to an activating group) is 1. The van der Waals surface area contributed by atoms with Gasteiger partial charge >= 0.3 is 5.97 Å². The molecule has 0 spiro atoms. The van der Waals surface area contributed by atoms with Gasteiger partial charge in [-0.05, 0) is 26.1 Å². The maximum atomic E-state index is 12.3. The molecule has 0 aliphatic heterocycles. The SMILES string of the molecule is CCOC(=O)c1c(-c2ccco2)csc1NC(=O)CN(C)CCC#N. The van der Waals surface area contributed by atoms with Crippen molar-refractivity contribution in [1.29, 1.82) is 5.26 Å². The summed E-state index contributed by atoms with van der Waals surface area (Å²) in [6.45, 7) is 2.57. The topological polar surface area (TPSA) is 95.6 Å². The van der Waals surface area contributed by atoms with E-state index in [0.29, 0.717) is 29.3 Å². The van der Waals surface area contributed by atoms with E-state index in [1.165, 1.54) is 17.6 Å². The third-order valence-corrected chi connectivity index (χ3v) is 4.22. The first-order chi connectivity index (χ1) is 12.1. The molecule has 0 unspecified atom stereocenters. The first-order valence-corrected chi connectivity index (χ1v) is 8.62. The molecule has 2 rings (SSSR count). The minimum Gasteiger partial charge on any atom is -0.464 e. The molecule has 0 radical (unpaired) electrons. The summed E-state index contributed by atoms with van der Waals surface area (Å²) < 4.78 is 10.5. The number of hydrogen-bond donors (Lipinski definition) is 1. The van der Waals surface area contributed by atoms with Crippen LogP contribution in [0.4, 0.5) is 5.00 Å². The normalized spacial score (nSPS) is 10.5. The number of furan rings is 1. The molecule has 2 aromatic heterocycles. The Morgan fingerprint density at radius 1 is 1.48 bits per heavy atom. The molecule has 0 fully saturated rings. The highest BCUT2D eigenvalue weighted by Crippen LogP contribution is 2.36. The van der Waals surface area contributed by atoms with Crippen molar-refractivity contribution >= 4 is 28.2 Å². The van der Waals surface area contributed by atoms with E-state index in [9.17, 15) is 9.59 Å². The lowest BCUT2D eigenvalue weighted by atomic mass is 10.1. The molecule has 2 aromatic rings. The number of hydrogen-bond acceptors (Lipinski definition) is 7. The van der Waals surface area contributed by atoms with Gasteiger partial charge in [-0.15, -0.1) is 11.3 Å². The number of carbonyl (C=O) groups is 2. The molecular weight excluding hydrogens is 342 g/mol. The Kier molecular flexibility index (Phi) is 6.74. The minimum atomic E-state index is -0.511. The van der Waals surface area contributed by atoms with E-state index in [4.69, 9.17) is 14.4 Å². The minimum absolute atomic E-state index is 0.123. The lowest BCUT2D eigenvalue weighted by Gasteiger charge is -2.14. The van der Waals surface area contributed by atoms with Gasteiger partial charge in [0.05, 0.1) is 25.5 Å². The molecule has 1 amide bonds. The van der Waals surface area contributed by atoms with E-state index >= 15 is 0 Å². The Morgan fingerprint density at radius 3 is 2.92 bits per heavy atom. The number of ether oxygens (including phenoxy) is 1. The molecule has 7 nitrogen and oxygen atoms in total. The first kappa shape index (κ1) is 18.7. The third-order valence-electron chi connectivity index (χ3n) is 3.33. The van der Waals surface area contributed by atoms with Crippen LogP contribution in [0.3, 0.4) is 0 Å². The Bertz CT molecular complexity index is 761. The van der Waals surface area contributed by atoms with Gasteiger partial charge in [0, 0.05) is 23.9 Å². The maximum absolute atomic E-state index is 12.3. The molecule has 0 aromatic carbocycles. The third kappa shape index (κ3) is 4.92. The number of carbonyl (C=O) groups excluding carboxylic acids is 2.